The molecule has 0 radical (unpaired) electrons. The lowest BCUT2D eigenvalue weighted by Gasteiger charge is -2.24. The predicted molar refractivity (Wildman–Crippen MR) is 89.7 cm³/mol. The lowest BCUT2D eigenvalue weighted by Crippen LogP contribution is -2.43. The third-order valence-electron chi connectivity index (χ3n) is 3.59. The smallest absolute Gasteiger partial charge is 0.341 e. The monoisotopic (exact) mass is 348 g/mol. The van der Waals surface area contributed by atoms with E-state index in [9.17, 15) is 14.3 Å². The van der Waals surface area contributed by atoms with Gasteiger partial charge in [0.25, 0.3) is 0 Å². The molecule has 2 aromatic carbocycles. The molecular formula is C19H21FO5. The van der Waals surface area contributed by atoms with E-state index in [1.54, 1.807) is 24.3 Å². The maximum Gasteiger partial charge on any atom is 0.341 e. The standard InChI is InChI=1S/C19H21FO5/c20-17(19(22)23)18(25-12-15-9-5-2-6-10-15)16(21)13-24-11-14-7-3-1-4-8-14/h1-10,16-18,21H,11-13H2,(H,22,23)/t16-,17-,18-/m1/s1. The number of ether oxygens (including phenoxy) is 2. The van der Waals surface area contributed by atoms with Crippen molar-refractivity contribution < 1.29 is 28.9 Å². The highest BCUT2D eigenvalue weighted by molar-refractivity contribution is 5.73. The number of carbonyl (C=O) groups is 1. The zero-order chi connectivity index (χ0) is 18.1. The number of aliphatic hydroxyl groups is 1. The van der Waals surface area contributed by atoms with Crippen LogP contribution in [0.4, 0.5) is 4.39 Å². The van der Waals surface area contributed by atoms with Gasteiger partial charge in [0.1, 0.15) is 12.2 Å². The molecule has 0 saturated carbocycles. The molecule has 0 fully saturated rings. The normalized spacial score (nSPS) is 14.6. The van der Waals surface area contributed by atoms with Gasteiger partial charge in [-0.2, -0.15) is 0 Å². The first-order chi connectivity index (χ1) is 12.1. The fraction of sp³-hybridized carbons (Fsp3) is 0.316. The lowest BCUT2D eigenvalue weighted by atomic mass is 10.1. The average Bonchev–Trinajstić information content (AvgIpc) is 2.63. The molecular weight excluding hydrogens is 327 g/mol. The van der Waals surface area contributed by atoms with Gasteiger partial charge in [-0.15, -0.1) is 0 Å². The zero-order valence-electron chi connectivity index (χ0n) is 13.6. The maximum atomic E-state index is 14.0. The first-order valence-electron chi connectivity index (χ1n) is 7.90. The van der Waals surface area contributed by atoms with Gasteiger partial charge in [-0.3, -0.25) is 0 Å². The third kappa shape index (κ3) is 6.26. The molecule has 6 heteroatoms. The van der Waals surface area contributed by atoms with E-state index in [2.05, 4.69) is 0 Å². The Morgan fingerprint density at radius 3 is 2.00 bits per heavy atom. The van der Waals surface area contributed by atoms with Crippen molar-refractivity contribution in [3.05, 3.63) is 71.8 Å². The summed E-state index contributed by atoms with van der Waals surface area (Å²) in [6.07, 6.45) is -5.27. The number of rotatable bonds is 10. The van der Waals surface area contributed by atoms with Crippen LogP contribution in [0.15, 0.2) is 60.7 Å². The van der Waals surface area contributed by atoms with Gasteiger partial charge in [-0.25, -0.2) is 9.18 Å². The van der Waals surface area contributed by atoms with Crippen LogP contribution in [0.2, 0.25) is 0 Å². The summed E-state index contributed by atoms with van der Waals surface area (Å²) in [5.74, 6) is -1.68. The van der Waals surface area contributed by atoms with Crippen molar-refractivity contribution in [2.45, 2.75) is 31.6 Å². The molecule has 0 amide bonds. The Hall–Kier alpha value is -2.28. The second-order valence-corrected chi connectivity index (χ2v) is 5.57. The minimum absolute atomic E-state index is 0.00501. The Bertz CT molecular complexity index is 635. The Labute approximate surface area is 145 Å². The van der Waals surface area contributed by atoms with Gasteiger partial charge in [-0.1, -0.05) is 60.7 Å². The van der Waals surface area contributed by atoms with Gasteiger partial charge in [0.05, 0.1) is 19.8 Å². The molecule has 0 aliphatic carbocycles. The molecule has 2 rings (SSSR count). The molecule has 0 bridgehead atoms. The number of carboxylic acid groups (broad SMARTS) is 1. The number of aliphatic carboxylic acids is 1. The van der Waals surface area contributed by atoms with E-state index in [1.165, 1.54) is 0 Å². The van der Waals surface area contributed by atoms with E-state index in [0.29, 0.717) is 0 Å². The predicted octanol–water partition coefficient (Wildman–Crippen LogP) is 2.57. The van der Waals surface area contributed by atoms with Gasteiger partial charge in [0.2, 0.25) is 6.17 Å². The minimum Gasteiger partial charge on any atom is -0.479 e. The van der Waals surface area contributed by atoms with Crippen LogP contribution in [0.3, 0.4) is 0 Å². The summed E-state index contributed by atoms with van der Waals surface area (Å²) in [6.45, 7) is -0.00959. The van der Waals surface area contributed by atoms with E-state index in [-0.39, 0.29) is 19.8 Å². The highest BCUT2D eigenvalue weighted by Gasteiger charge is 2.35. The second-order valence-electron chi connectivity index (χ2n) is 5.57. The molecule has 2 aromatic rings. The van der Waals surface area contributed by atoms with E-state index < -0.39 is 24.3 Å². The van der Waals surface area contributed by atoms with E-state index in [1.807, 2.05) is 36.4 Å². The number of benzene rings is 2. The van der Waals surface area contributed by atoms with Gasteiger partial charge in [0, 0.05) is 0 Å². The van der Waals surface area contributed by atoms with E-state index in [4.69, 9.17) is 14.6 Å². The number of carboxylic acids is 1. The Morgan fingerprint density at radius 1 is 0.960 bits per heavy atom. The van der Waals surface area contributed by atoms with Gasteiger partial charge >= 0.3 is 5.97 Å². The Morgan fingerprint density at radius 2 is 1.48 bits per heavy atom. The van der Waals surface area contributed by atoms with Crippen molar-refractivity contribution >= 4 is 5.97 Å². The van der Waals surface area contributed by atoms with Crippen molar-refractivity contribution in [3.63, 3.8) is 0 Å². The molecule has 0 heterocycles. The van der Waals surface area contributed by atoms with E-state index >= 15 is 0 Å². The number of hydrogen-bond donors (Lipinski definition) is 2. The summed E-state index contributed by atoms with van der Waals surface area (Å²) < 4.78 is 24.6. The van der Waals surface area contributed by atoms with Gasteiger partial charge in [-0.05, 0) is 11.1 Å². The molecule has 2 N–H and O–H groups in total. The molecule has 5 nitrogen and oxygen atoms in total. The van der Waals surface area contributed by atoms with Crippen molar-refractivity contribution in [1.29, 1.82) is 0 Å². The van der Waals surface area contributed by atoms with Crippen LogP contribution in [0.5, 0.6) is 0 Å². The Balaban J connectivity index is 1.90. The second kappa shape index (κ2) is 9.88. The number of alkyl halides is 1. The Kier molecular flexibility index (Phi) is 7.53. The molecule has 0 unspecified atom stereocenters. The molecule has 134 valence electrons. The lowest BCUT2D eigenvalue weighted by molar-refractivity contribution is -0.159. The van der Waals surface area contributed by atoms with Crippen molar-refractivity contribution in [2.24, 2.45) is 0 Å². The molecule has 25 heavy (non-hydrogen) atoms. The molecule has 0 aliphatic heterocycles. The SMILES string of the molecule is O=C(O)[C@H](F)[C@H](OCc1ccccc1)[C@H](O)COCc1ccccc1. The summed E-state index contributed by atoms with van der Waals surface area (Å²) in [6, 6.07) is 18.2. The minimum atomic E-state index is -2.35. The van der Waals surface area contributed by atoms with Crippen molar-refractivity contribution in [3.8, 4) is 0 Å². The van der Waals surface area contributed by atoms with Crippen molar-refractivity contribution in [2.75, 3.05) is 6.61 Å². The number of aliphatic hydroxyl groups excluding tert-OH is 1. The fourth-order valence-corrected chi connectivity index (χ4v) is 2.26. The zero-order valence-corrected chi connectivity index (χ0v) is 13.6. The molecule has 0 saturated heterocycles. The van der Waals surface area contributed by atoms with Crippen LogP contribution in [-0.4, -0.2) is 41.2 Å². The third-order valence-corrected chi connectivity index (χ3v) is 3.59. The van der Waals surface area contributed by atoms with Crippen LogP contribution in [0.25, 0.3) is 0 Å². The average molecular weight is 348 g/mol. The quantitative estimate of drug-likeness (QED) is 0.690. The van der Waals surface area contributed by atoms with Gasteiger partial charge < -0.3 is 19.7 Å². The number of halogens is 1. The highest BCUT2D eigenvalue weighted by atomic mass is 19.1. The van der Waals surface area contributed by atoms with Crippen LogP contribution in [0.1, 0.15) is 11.1 Å². The van der Waals surface area contributed by atoms with Crippen LogP contribution in [0, 0.1) is 0 Å². The van der Waals surface area contributed by atoms with Gasteiger partial charge in [0.15, 0.2) is 0 Å². The summed E-state index contributed by atoms with van der Waals surface area (Å²) in [5.41, 5.74) is 1.65. The first kappa shape index (κ1) is 19.1. The van der Waals surface area contributed by atoms with Crippen molar-refractivity contribution in [1.82, 2.24) is 0 Å². The topological polar surface area (TPSA) is 76.0 Å². The first-order valence-corrected chi connectivity index (χ1v) is 7.90. The maximum absolute atomic E-state index is 14.0. The number of hydrogen-bond acceptors (Lipinski definition) is 4. The van der Waals surface area contributed by atoms with Crippen LogP contribution >= 0.6 is 0 Å². The molecule has 0 spiro atoms. The summed E-state index contributed by atoms with van der Waals surface area (Å²) >= 11 is 0. The summed E-state index contributed by atoms with van der Waals surface area (Å²) in [4.78, 5) is 10.9. The fourth-order valence-electron chi connectivity index (χ4n) is 2.26. The summed E-state index contributed by atoms with van der Waals surface area (Å²) in [7, 11) is 0. The molecule has 0 aromatic heterocycles. The molecule has 3 atom stereocenters. The summed E-state index contributed by atoms with van der Waals surface area (Å²) in [5, 5.41) is 19.0. The van der Waals surface area contributed by atoms with Crippen LogP contribution in [-0.2, 0) is 27.5 Å². The highest BCUT2D eigenvalue weighted by Crippen LogP contribution is 2.14. The van der Waals surface area contributed by atoms with Crippen LogP contribution < -0.4 is 0 Å². The molecule has 0 aliphatic rings. The largest absolute Gasteiger partial charge is 0.479 e. The van der Waals surface area contributed by atoms with E-state index in [0.717, 1.165) is 11.1 Å².